The van der Waals surface area contributed by atoms with Crippen LogP contribution in [0.1, 0.15) is 25.8 Å². The highest BCUT2D eigenvalue weighted by atomic mass is 35.5. The third-order valence-electron chi connectivity index (χ3n) is 3.85. The first-order valence-electron chi connectivity index (χ1n) is 7.24. The van der Waals surface area contributed by atoms with Gasteiger partial charge in [-0.2, -0.15) is 0 Å². The number of rotatable bonds is 6. The number of nitrogens with one attached hydrogen (secondary N) is 1. The second kappa shape index (κ2) is 6.88. The van der Waals surface area contributed by atoms with Crippen LogP contribution in [0.15, 0.2) is 18.2 Å². The smallest absolute Gasteiger partial charge is 0.127 e. The zero-order chi connectivity index (χ0) is 14.6. The first-order chi connectivity index (χ1) is 9.52. The third kappa shape index (κ3) is 3.94. The molecule has 1 aromatic carbocycles. The van der Waals surface area contributed by atoms with Crippen LogP contribution >= 0.6 is 11.6 Å². The third-order valence-corrected chi connectivity index (χ3v) is 4.21. The first kappa shape index (κ1) is 15.7. The number of hydrogen-bond acceptors (Lipinski definition) is 2. The SMILES string of the molecule is CC(C)CNCC1(Cc2c(F)cccc2Cl)CCOC1. The minimum atomic E-state index is -0.215. The molecule has 1 unspecified atom stereocenters. The fourth-order valence-electron chi connectivity index (χ4n) is 2.69. The highest BCUT2D eigenvalue weighted by molar-refractivity contribution is 6.31. The molecular formula is C16H23ClFNO. The monoisotopic (exact) mass is 299 g/mol. The van der Waals surface area contributed by atoms with Crippen LogP contribution in [0.25, 0.3) is 0 Å². The van der Waals surface area contributed by atoms with E-state index in [1.165, 1.54) is 6.07 Å². The summed E-state index contributed by atoms with van der Waals surface area (Å²) >= 11 is 6.15. The van der Waals surface area contributed by atoms with Gasteiger partial charge in [0.2, 0.25) is 0 Å². The van der Waals surface area contributed by atoms with Crippen molar-refractivity contribution < 1.29 is 9.13 Å². The number of halogens is 2. The molecule has 4 heteroatoms. The van der Waals surface area contributed by atoms with Crippen molar-refractivity contribution in [3.05, 3.63) is 34.6 Å². The van der Waals surface area contributed by atoms with Gasteiger partial charge in [0.25, 0.3) is 0 Å². The van der Waals surface area contributed by atoms with E-state index in [1.807, 2.05) is 0 Å². The van der Waals surface area contributed by atoms with Gasteiger partial charge in [-0.05, 0) is 37.4 Å². The van der Waals surface area contributed by atoms with Crippen molar-refractivity contribution in [3.63, 3.8) is 0 Å². The maximum absolute atomic E-state index is 14.0. The number of ether oxygens (including phenoxy) is 1. The molecule has 1 atom stereocenters. The van der Waals surface area contributed by atoms with Gasteiger partial charge in [0, 0.05) is 29.2 Å². The summed E-state index contributed by atoms with van der Waals surface area (Å²) in [7, 11) is 0. The Labute approximate surface area is 125 Å². The van der Waals surface area contributed by atoms with Crippen molar-refractivity contribution in [1.29, 1.82) is 0 Å². The molecule has 0 radical (unpaired) electrons. The van der Waals surface area contributed by atoms with Gasteiger partial charge in [-0.25, -0.2) is 4.39 Å². The molecule has 0 saturated carbocycles. The van der Waals surface area contributed by atoms with Gasteiger partial charge in [-0.1, -0.05) is 31.5 Å². The summed E-state index contributed by atoms with van der Waals surface area (Å²) in [6.45, 7) is 7.58. The Kier molecular flexibility index (Phi) is 5.42. The van der Waals surface area contributed by atoms with Crippen LogP contribution in [-0.2, 0) is 11.2 Å². The highest BCUT2D eigenvalue weighted by Gasteiger charge is 2.36. The minimum absolute atomic E-state index is 0.0409. The van der Waals surface area contributed by atoms with Crippen molar-refractivity contribution in [2.24, 2.45) is 11.3 Å². The van der Waals surface area contributed by atoms with Crippen LogP contribution in [0.5, 0.6) is 0 Å². The Morgan fingerprint density at radius 1 is 1.45 bits per heavy atom. The zero-order valence-corrected chi connectivity index (χ0v) is 13.0. The quantitative estimate of drug-likeness (QED) is 0.865. The summed E-state index contributed by atoms with van der Waals surface area (Å²) in [4.78, 5) is 0. The minimum Gasteiger partial charge on any atom is -0.381 e. The summed E-state index contributed by atoms with van der Waals surface area (Å²) < 4.78 is 19.5. The molecule has 2 nitrogen and oxygen atoms in total. The van der Waals surface area contributed by atoms with E-state index in [2.05, 4.69) is 19.2 Å². The van der Waals surface area contributed by atoms with E-state index in [4.69, 9.17) is 16.3 Å². The average molecular weight is 300 g/mol. The molecule has 0 bridgehead atoms. The lowest BCUT2D eigenvalue weighted by Gasteiger charge is -2.29. The van der Waals surface area contributed by atoms with Gasteiger partial charge in [0.1, 0.15) is 5.82 Å². The Hall–Kier alpha value is -0.640. The topological polar surface area (TPSA) is 21.3 Å². The van der Waals surface area contributed by atoms with Crippen LogP contribution in [-0.4, -0.2) is 26.3 Å². The van der Waals surface area contributed by atoms with Crippen LogP contribution in [0.3, 0.4) is 0 Å². The van der Waals surface area contributed by atoms with E-state index >= 15 is 0 Å². The van der Waals surface area contributed by atoms with Crippen molar-refractivity contribution in [2.75, 3.05) is 26.3 Å². The molecule has 1 aliphatic rings. The van der Waals surface area contributed by atoms with Crippen molar-refractivity contribution >= 4 is 11.6 Å². The molecule has 0 amide bonds. The van der Waals surface area contributed by atoms with Crippen molar-refractivity contribution in [3.8, 4) is 0 Å². The van der Waals surface area contributed by atoms with Crippen molar-refractivity contribution in [1.82, 2.24) is 5.32 Å². The van der Waals surface area contributed by atoms with Crippen LogP contribution in [0.4, 0.5) is 4.39 Å². The average Bonchev–Trinajstić information content (AvgIpc) is 2.83. The maximum atomic E-state index is 14.0. The van der Waals surface area contributed by atoms with E-state index in [0.29, 0.717) is 29.5 Å². The van der Waals surface area contributed by atoms with Crippen LogP contribution in [0.2, 0.25) is 5.02 Å². The zero-order valence-electron chi connectivity index (χ0n) is 12.2. The fourth-order valence-corrected chi connectivity index (χ4v) is 2.92. The molecule has 0 spiro atoms. The van der Waals surface area contributed by atoms with Gasteiger partial charge in [0.05, 0.1) is 6.61 Å². The maximum Gasteiger partial charge on any atom is 0.127 e. The Balaban J connectivity index is 2.09. The molecule has 1 N–H and O–H groups in total. The van der Waals surface area contributed by atoms with Gasteiger partial charge in [-0.3, -0.25) is 0 Å². The van der Waals surface area contributed by atoms with Gasteiger partial charge in [-0.15, -0.1) is 0 Å². The van der Waals surface area contributed by atoms with Crippen LogP contribution in [0, 0.1) is 17.2 Å². The Morgan fingerprint density at radius 2 is 2.25 bits per heavy atom. The molecule has 1 fully saturated rings. The predicted molar refractivity (Wildman–Crippen MR) is 80.7 cm³/mol. The predicted octanol–water partition coefficient (Wildman–Crippen LogP) is 3.67. The second-order valence-corrected chi connectivity index (χ2v) is 6.61. The molecule has 112 valence electrons. The lowest BCUT2D eigenvalue weighted by molar-refractivity contribution is 0.148. The molecular weight excluding hydrogens is 277 g/mol. The molecule has 20 heavy (non-hydrogen) atoms. The van der Waals surface area contributed by atoms with Crippen LogP contribution < -0.4 is 5.32 Å². The fraction of sp³-hybridized carbons (Fsp3) is 0.625. The molecule has 2 rings (SSSR count). The second-order valence-electron chi connectivity index (χ2n) is 6.20. The van der Waals surface area contributed by atoms with E-state index in [9.17, 15) is 4.39 Å². The molecule has 1 saturated heterocycles. The molecule has 1 aromatic rings. The van der Waals surface area contributed by atoms with Gasteiger partial charge in [0.15, 0.2) is 0 Å². The van der Waals surface area contributed by atoms with E-state index in [1.54, 1.807) is 12.1 Å². The normalized spacial score (nSPS) is 22.6. The summed E-state index contributed by atoms with van der Waals surface area (Å²) in [5.74, 6) is 0.388. The number of benzene rings is 1. The molecule has 0 aromatic heterocycles. The van der Waals surface area contributed by atoms with E-state index in [-0.39, 0.29) is 11.2 Å². The lowest BCUT2D eigenvalue weighted by atomic mass is 9.80. The largest absolute Gasteiger partial charge is 0.381 e. The van der Waals surface area contributed by atoms with Gasteiger partial charge >= 0.3 is 0 Å². The summed E-state index contributed by atoms with van der Waals surface area (Å²) in [5.41, 5.74) is 0.576. The van der Waals surface area contributed by atoms with Gasteiger partial charge < -0.3 is 10.1 Å². The summed E-state index contributed by atoms with van der Waals surface area (Å²) in [6.07, 6.45) is 1.58. The van der Waals surface area contributed by atoms with Crippen molar-refractivity contribution in [2.45, 2.75) is 26.7 Å². The molecule has 1 heterocycles. The summed E-state index contributed by atoms with van der Waals surface area (Å²) in [5, 5.41) is 4.00. The lowest BCUT2D eigenvalue weighted by Crippen LogP contribution is -2.38. The van der Waals surface area contributed by atoms with E-state index in [0.717, 1.165) is 26.1 Å². The Bertz CT molecular complexity index is 424. The number of hydrogen-bond donors (Lipinski definition) is 1. The molecule has 0 aliphatic carbocycles. The standard InChI is InChI=1S/C16H23ClFNO/c1-12(2)9-19-10-16(6-7-20-11-16)8-13-14(17)4-3-5-15(13)18/h3-5,12,19H,6-11H2,1-2H3. The molecule has 1 aliphatic heterocycles. The first-order valence-corrected chi connectivity index (χ1v) is 7.62. The highest BCUT2D eigenvalue weighted by Crippen LogP contribution is 2.35. The Morgan fingerprint density at radius 3 is 2.85 bits per heavy atom. The summed E-state index contributed by atoms with van der Waals surface area (Å²) in [6, 6.07) is 4.88. The van der Waals surface area contributed by atoms with E-state index < -0.39 is 0 Å².